The molecule has 1 unspecified atom stereocenters. The molecule has 0 heterocycles. The molecule has 2 atom stereocenters. The fourth-order valence-corrected chi connectivity index (χ4v) is 2.12. The van der Waals surface area contributed by atoms with Gasteiger partial charge in [0.15, 0.2) is 0 Å². The van der Waals surface area contributed by atoms with Crippen molar-refractivity contribution in [2.75, 3.05) is 7.11 Å². The summed E-state index contributed by atoms with van der Waals surface area (Å²) >= 11 is 0. The Balaban J connectivity index is 2.40. The van der Waals surface area contributed by atoms with Gasteiger partial charge >= 0.3 is 0 Å². The first-order chi connectivity index (χ1) is 5.83. The highest BCUT2D eigenvalue weighted by Gasteiger charge is 2.28. The minimum Gasteiger partial charge on any atom is -0.376 e. The number of hydrogen-bond donors (Lipinski definition) is 0. The van der Waals surface area contributed by atoms with E-state index in [4.69, 9.17) is 4.74 Å². The number of benzene rings is 1. The minimum absolute atomic E-state index is 0.321. The molecule has 1 nitrogen and oxygen atoms in total. The lowest BCUT2D eigenvalue weighted by molar-refractivity contribution is 0.0695. The zero-order chi connectivity index (χ0) is 8.55. The van der Waals surface area contributed by atoms with E-state index in [0.717, 1.165) is 6.42 Å². The number of ether oxygens (including phenoxy) is 1. The Morgan fingerprint density at radius 1 is 1.33 bits per heavy atom. The lowest BCUT2D eigenvalue weighted by Crippen LogP contribution is -2.04. The normalized spacial score (nSPS) is 27.2. The molecule has 12 heavy (non-hydrogen) atoms. The van der Waals surface area contributed by atoms with Gasteiger partial charge in [-0.15, -0.1) is 0 Å². The molecule has 0 aromatic heterocycles. The molecular weight excluding hydrogens is 148 g/mol. The molecule has 1 aromatic carbocycles. The molecule has 1 aliphatic rings. The highest BCUT2D eigenvalue weighted by Crippen LogP contribution is 2.37. The van der Waals surface area contributed by atoms with E-state index in [1.54, 1.807) is 7.11 Å². The molecule has 0 N–H and O–H groups in total. The van der Waals surface area contributed by atoms with Gasteiger partial charge in [-0.2, -0.15) is 0 Å². The van der Waals surface area contributed by atoms with Crippen LogP contribution in [0.1, 0.15) is 24.2 Å². The average Bonchev–Trinajstić information content (AvgIpc) is 2.40. The Labute approximate surface area is 73.4 Å². The van der Waals surface area contributed by atoms with Gasteiger partial charge in [0.05, 0.1) is 6.10 Å². The first-order valence-corrected chi connectivity index (χ1v) is 4.43. The molecule has 2 rings (SSSR count). The van der Waals surface area contributed by atoms with Crippen molar-refractivity contribution in [3.05, 3.63) is 35.4 Å². The van der Waals surface area contributed by atoms with E-state index in [9.17, 15) is 0 Å². The lowest BCUT2D eigenvalue weighted by atomic mass is 10.1. The number of methoxy groups -OCH3 is 1. The third kappa shape index (κ3) is 1.05. The Morgan fingerprint density at radius 3 is 2.83 bits per heavy atom. The van der Waals surface area contributed by atoms with Gasteiger partial charge in [0.1, 0.15) is 0 Å². The van der Waals surface area contributed by atoms with Crippen LogP contribution >= 0.6 is 0 Å². The van der Waals surface area contributed by atoms with Gasteiger partial charge in [0.2, 0.25) is 0 Å². The molecule has 0 spiro atoms. The van der Waals surface area contributed by atoms with Crippen molar-refractivity contribution in [3.8, 4) is 0 Å². The molecule has 1 aliphatic carbocycles. The van der Waals surface area contributed by atoms with Gasteiger partial charge in [-0.1, -0.05) is 31.2 Å². The monoisotopic (exact) mass is 162 g/mol. The van der Waals surface area contributed by atoms with Crippen molar-refractivity contribution in [2.24, 2.45) is 5.92 Å². The van der Waals surface area contributed by atoms with Crippen LogP contribution in [0, 0.1) is 5.92 Å². The maximum Gasteiger partial charge on any atom is 0.0852 e. The summed E-state index contributed by atoms with van der Waals surface area (Å²) in [5.41, 5.74) is 2.84. The van der Waals surface area contributed by atoms with Crippen LogP contribution in [0.5, 0.6) is 0 Å². The third-order valence-corrected chi connectivity index (χ3v) is 2.67. The summed E-state index contributed by atoms with van der Waals surface area (Å²) in [5.74, 6) is 0.632. The van der Waals surface area contributed by atoms with Gasteiger partial charge in [0, 0.05) is 7.11 Å². The molecule has 1 aromatic rings. The SMILES string of the molecule is CO[C@@H]1c2ccccc2CC1C. The van der Waals surface area contributed by atoms with Crippen molar-refractivity contribution in [2.45, 2.75) is 19.4 Å². The van der Waals surface area contributed by atoms with Gasteiger partial charge in [0.25, 0.3) is 0 Å². The van der Waals surface area contributed by atoms with E-state index in [1.165, 1.54) is 11.1 Å². The highest BCUT2D eigenvalue weighted by molar-refractivity contribution is 5.34. The van der Waals surface area contributed by atoms with E-state index in [0.29, 0.717) is 12.0 Å². The molecule has 64 valence electrons. The van der Waals surface area contributed by atoms with E-state index in [1.807, 2.05) is 0 Å². The van der Waals surface area contributed by atoms with Crippen molar-refractivity contribution < 1.29 is 4.74 Å². The van der Waals surface area contributed by atoms with Crippen LogP contribution in [-0.2, 0) is 11.2 Å². The Bertz CT molecular complexity index is 280. The summed E-state index contributed by atoms with van der Waals surface area (Å²) in [6, 6.07) is 8.56. The largest absolute Gasteiger partial charge is 0.376 e. The summed E-state index contributed by atoms with van der Waals surface area (Å²) in [5, 5.41) is 0. The topological polar surface area (TPSA) is 9.23 Å². The van der Waals surface area contributed by atoms with Crippen LogP contribution in [-0.4, -0.2) is 7.11 Å². The van der Waals surface area contributed by atoms with Crippen LogP contribution < -0.4 is 0 Å². The molecule has 0 bridgehead atoms. The Morgan fingerprint density at radius 2 is 2.08 bits per heavy atom. The van der Waals surface area contributed by atoms with Crippen LogP contribution in [0.15, 0.2) is 24.3 Å². The molecule has 0 amide bonds. The van der Waals surface area contributed by atoms with E-state index < -0.39 is 0 Å². The predicted molar refractivity (Wildman–Crippen MR) is 49.1 cm³/mol. The molecule has 0 saturated heterocycles. The zero-order valence-electron chi connectivity index (χ0n) is 7.58. The molecule has 0 radical (unpaired) electrons. The van der Waals surface area contributed by atoms with E-state index >= 15 is 0 Å². The Hall–Kier alpha value is -0.820. The summed E-state index contributed by atoms with van der Waals surface area (Å²) in [7, 11) is 1.79. The minimum atomic E-state index is 0.321. The number of rotatable bonds is 1. The lowest BCUT2D eigenvalue weighted by Gasteiger charge is -2.13. The maximum atomic E-state index is 5.45. The van der Waals surface area contributed by atoms with Crippen molar-refractivity contribution in [1.82, 2.24) is 0 Å². The van der Waals surface area contributed by atoms with Crippen LogP contribution in [0.4, 0.5) is 0 Å². The molecular formula is C11H14O. The standard InChI is InChI=1S/C11H14O/c1-8-7-9-5-3-4-6-10(9)11(8)12-2/h3-6,8,11H,7H2,1-2H3/t8?,11-/m0/s1. The summed E-state index contributed by atoms with van der Waals surface area (Å²) in [4.78, 5) is 0. The van der Waals surface area contributed by atoms with Crippen LogP contribution in [0.25, 0.3) is 0 Å². The zero-order valence-corrected chi connectivity index (χ0v) is 7.58. The second kappa shape index (κ2) is 2.91. The van der Waals surface area contributed by atoms with E-state index in [-0.39, 0.29) is 0 Å². The first kappa shape index (κ1) is 7.81. The smallest absolute Gasteiger partial charge is 0.0852 e. The molecule has 0 fully saturated rings. The summed E-state index contributed by atoms with van der Waals surface area (Å²) in [6.45, 7) is 2.24. The van der Waals surface area contributed by atoms with Crippen molar-refractivity contribution >= 4 is 0 Å². The fraction of sp³-hybridized carbons (Fsp3) is 0.455. The maximum absolute atomic E-state index is 5.45. The molecule has 1 heteroatoms. The number of fused-ring (bicyclic) bond motifs is 1. The van der Waals surface area contributed by atoms with E-state index in [2.05, 4.69) is 31.2 Å². The highest BCUT2D eigenvalue weighted by atomic mass is 16.5. The predicted octanol–water partition coefficient (Wildman–Crippen LogP) is 2.57. The fourth-order valence-electron chi connectivity index (χ4n) is 2.12. The number of hydrogen-bond acceptors (Lipinski definition) is 1. The third-order valence-electron chi connectivity index (χ3n) is 2.67. The van der Waals surface area contributed by atoms with Gasteiger partial charge in [-0.3, -0.25) is 0 Å². The molecule has 0 aliphatic heterocycles. The first-order valence-electron chi connectivity index (χ1n) is 4.43. The van der Waals surface area contributed by atoms with Crippen molar-refractivity contribution in [1.29, 1.82) is 0 Å². The molecule has 0 saturated carbocycles. The van der Waals surface area contributed by atoms with Gasteiger partial charge < -0.3 is 4.74 Å². The average molecular weight is 162 g/mol. The van der Waals surface area contributed by atoms with Crippen LogP contribution in [0.3, 0.4) is 0 Å². The summed E-state index contributed by atoms with van der Waals surface area (Å²) < 4.78 is 5.45. The summed E-state index contributed by atoms with van der Waals surface area (Å²) in [6.07, 6.45) is 1.48. The van der Waals surface area contributed by atoms with Gasteiger partial charge in [-0.25, -0.2) is 0 Å². The van der Waals surface area contributed by atoms with Crippen LogP contribution in [0.2, 0.25) is 0 Å². The van der Waals surface area contributed by atoms with Crippen molar-refractivity contribution in [3.63, 3.8) is 0 Å². The second-order valence-corrected chi connectivity index (χ2v) is 3.54. The second-order valence-electron chi connectivity index (χ2n) is 3.54. The quantitative estimate of drug-likeness (QED) is 0.616. The van der Waals surface area contributed by atoms with Gasteiger partial charge in [-0.05, 0) is 23.5 Å². The Kier molecular flexibility index (Phi) is 1.89.